The maximum Gasteiger partial charge on any atom is 0.254 e. The fraction of sp³-hybridized carbons (Fsp3) is 0.455. The summed E-state index contributed by atoms with van der Waals surface area (Å²) in [5, 5.41) is 12.2. The second-order valence-electron chi connectivity index (χ2n) is 8.12. The van der Waals surface area contributed by atoms with Crippen LogP contribution in [0.2, 0.25) is 0 Å². The second kappa shape index (κ2) is 7.65. The first-order chi connectivity index (χ1) is 14.2. The maximum atomic E-state index is 12.8. The Labute approximate surface area is 169 Å². The molecule has 0 radical (unpaired) electrons. The number of nitrogens with one attached hydrogen (secondary N) is 3. The third-order valence-electron chi connectivity index (χ3n) is 6.18. The van der Waals surface area contributed by atoms with Crippen LogP contribution in [-0.4, -0.2) is 65.9 Å². The molecule has 3 N–H and O–H groups in total. The van der Waals surface area contributed by atoms with Crippen molar-refractivity contribution >= 4 is 16.8 Å². The molecule has 1 aliphatic carbocycles. The van der Waals surface area contributed by atoms with E-state index in [4.69, 9.17) is 4.74 Å². The van der Waals surface area contributed by atoms with E-state index in [1.54, 1.807) is 7.11 Å². The summed E-state index contributed by atoms with van der Waals surface area (Å²) in [4.78, 5) is 18.2. The van der Waals surface area contributed by atoms with Gasteiger partial charge in [-0.05, 0) is 43.4 Å². The van der Waals surface area contributed by atoms with Gasteiger partial charge < -0.3 is 19.9 Å². The lowest BCUT2D eigenvalue weighted by atomic mass is 9.87. The van der Waals surface area contributed by atoms with Gasteiger partial charge in [0, 0.05) is 67.6 Å². The minimum absolute atomic E-state index is 0.103. The van der Waals surface area contributed by atoms with E-state index < -0.39 is 0 Å². The average molecular weight is 393 g/mol. The summed E-state index contributed by atoms with van der Waals surface area (Å²) in [6.07, 6.45) is 3.12. The van der Waals surface area contributed by atoms with Crippen LogP contribution in [0.25, 0.3) is 22.3 Å². The van der Waals surface area contributed by atoms with Crippen LogP contribution >= 0.6 is 0 Å². The third kappa shape index (κ3) is 3.45. The van der Waals surface area contributed by atoms with E-state index in [2.05, 4.69) is 26.6 Å². The lowest BCUT2D eigenvalue weighted by molar-refractivity contribution is 0.0736. The number of fused-ring (bicyclic) bond motifs is 2. The van der Waals surface area contributed by atoms with Gasteiger partial charge in [0.25, 0.3) is 5.91 Å². The van der Waals surface area contributed by atoms with E-state index in [1.165, 1.54) is 11.3 Å². The van der Waals surface area contributed by atoms with Gasteiger partial charge in [0.2, 0.25) is 0 Å². The summed E-state index contributed by atoms with van der Waals surface area (Å²) >= 11 is 0. The van der Waals surface area contributed by atoms with Gasteiger partial charge in [-0.3, -0.25) is 9.89 Å². The van der Waals surface area contributed by atoms with Gasteiger partial charge in [-0.2, -0.15) is 5.10 Å². The number of rotatable bonds is 4. The molecule has 152 valence electrons. The predicted octanol–water partition coefficient (Wildman–Crippen LogP) is 2.35. The highest BCUT2D eigenvalue weighted by atomic mass is 16.5. The Morgan fingerprint density at radius 2 is 2.14 bits per heavy atom. The first kappa shape index (κ1) is 18.4. The van der Waals surface area contributed by atoms with Crippen molar-refractivity contribution in [3.8, 4) is 11.4 Å². The molecule has 1 atom stereocenters. The van der Waals surface area contributed by atoms with Crippen LogP contribution in [0.1, 0.15) is 28.0 Å². The molecular formula is C22H27N5O2. The van der Waals surface area contributed by atoms with Crippen LogP contribution in [0.3, 0.4) is 0 Å². The number of H-pyrrole nitrogens is 2. The highest BCUT2D eigenvalue weighted by Gasteiger charge is 2.25. The molecule has 0 unspecified atom stereocenters. The normalized spacial score (nSPS) is 19.5. The van der Waals surface area contributed by atoms with Crippen molar-refractivity contribution in [2.45, 2.75) is 19.3 Å². The number of methoxy groups -OCH3 is 1. The molecule has 0 bridgehead atoms. The smallest absolute Gasteiger partial charge is 0.254 e. The van der Waals surface area contributed by atoms with Gasteiger partial charge in [-0.25, -0.2) is 0 Å². The van der Waals surface area contributed by atoms with E-state index in [0.717, 1.165) is 79.9 Å². The highest BCUT2D eigenvalue weighted by molar-refractivity contribution is 5.98. The minimum Gasteiger partial charge on any atom is -0.384 e. The van der Waals surface area contributed by atoms with Gasteiger partial charge in [0.15, 0.2) is 0 Å². The number of carbonyl (C=O) groups excluding carboxylic acids is 1. The molecule has 1 aromatic carbocycles. The molecule has 5 rings (SSSR count). The molecule has 1 saturated heterocycles. The number of benzene rings is 1. The third-order valence-corrected chi connectivity index (χ3v) is 6.18. The first-order valence-electron chi connectivity index (χ1n) is 10.4. The molecule has 3 aromatic rings. The number of aromatic amines is 2. The number of nitrogens with zero attached hydrogens (tertiary/aromatic N) is 2. The highest BCUT2D eigenvalue weighted by Crippen LogP contribution is 2.33. The molecule has 2 aliphatic rings. The van der Waals surface area contributed by atoms with E-state index >= 15 is 0 Å². The van der Waals surface area contributed by atoms with Crippen molar-refractivity contribution in [3.05, 3.63) is 41.1 Å². The zero-order valence-electron chi connectivity index (χ0n) is 16.8. The van der Waals surface area contributed by atoms with Crippen LogP contribution < -0.4 is 5.32 Å². The van der Waals surface area contributed by atoms with Gasteiger partial charge in [0.1, 0.15) is 5.69 Å². The number of hydrogen-bond donors (Lipinski definition) is 3. The number of aromatic nitrogens is 3. The Hall–Kier alpha value is -2.64. The lowest BCUT2D eigenvalue weighted by Gasteiger charge is -2.27. The number of amides is 1. The molecule has 1 aliphatic heterocycles. The molecular weight excluding hydrogens is 366 g/mol. The zero-order chi connectivity index (χ0) is 19.8. The van der Waals surface area contributed by atoms with Crippen LogP contribution in [0.4, 0.5) is 0 Å². The monoisotopic (exact) mass is 393 g/mol. The summed E-state index contributed by atoms with van der Waals surface area (Å²) in [6.45, 7) is 4.03. The van der Waals surface area contributed by atoms with Crippen molar-refractivity contribution in [1.29, 1.82) is 0 Å². The van der Waals surface area contributed by atoms with Gasteiger partial charge in [-0.1, -0.05) is 6.07 Å². The molecule has 29 heavy (non-hydrogen) atoms. The fourth-order valence-electron chi connectivity index (χ4n) is 4.62. The Balaban J connectivity index is 1.42. The van der Waals surface area contributed by atoms with Crippen LogP contribution in [0, 0.1) is 5.92 Å². The summed E-state index contributed by atoms with van der Waals surface area (Å²) < 4.78 is 5.33. The molecule has 7 nitrogen and oxygen atoms in total. The molecule has 7 heteroatoms. The van der Waals surface area contributed by atoms with Crippen molar-refractivity contribution in [3.63, 3.8) is 0 Å². The number of carbonyl (C=O) groups is 1. The minimum atomic E-state index is 0.103. The van der Waals surface area contributed by atoms with Gasteiger partial charge >= 0.3 is 0 Å². The van der Waals surface area contributed by atoms with Crippen LogP contribution in [-0.2, 0) is 17.6 Å². The molecule has 0 spiro atoms. The standard InChI is InChI=1S/C22H27N5O2/c1-29-13-14-2-5-17-19(10-14)25-26-21(17)20-11-15-3-4-16(12-18(15)24-20)22(28)27-8-6-23-7-9-27/h3-4,11-12,14,23-24H,2,5-10,13H2,1H3,(H,25,26)/t14-/m0/s1. The largest absolute Gasteiger partial charge is 0.384 e. The Morgan fingerprint density at radius 3 is 2.97 bits per heavy atom. The van der Waals surface area contributed by atoms with E-state index in [1.807, 2.05) is 23.1 Å². The molecule has 1 amide bonds. The maximum absolute atomic E-state index is 12.8. The second-order valence-corrected chi connectivity index (χ2v) is 8.12. The number of ether oxygens (including phenoxy) is 1. The lowest BCUT2D eigenvalue weighted by Crippen LogP contribution is -2.46. The number of piperazine rings is 1. The van der Waals surface area contributed by atoms with E-state index in [9.17, 15) is 4.79 Å². The predicted molar refractivity (Wildman–Crippen MR) is 112 cm³/mol. The van der Waals surface area contributed by atoms with Crippen LogP contribution in [0.5, 0.6) is 0 Å². The van der Waals surface area contributed by atoms with Crippen molar-refractivity contribution in [2.24, 2.45) is 5.92 Å². The van der Waals surface area contributed by atoms with Gasteiger partial charge in [0.05, 0.1) is 5.69 Å². The fourth-order valence-corrected chi connectivity index (χ4v) is 4.62. The Bertz CT molecular complexity index is 1030. The summed E-state index contributed by atoms with van der Waals surface area (Å²) in [5.74, 6) is 0.660. The van der Waals surface area contributed by atoms with E-state index in [0.29, 0.717) is 5.92 Å². The summed E-state index contributed by atoms with van der Waals surface area (Å²) in [6, 6.07) is 8.06. The van der Waals surface area contributed by atoms with Crippen molar-refractivity contribution < 1.29 is 9.53 Å². The zero-order valence-corrected chi connectivity index (χ0v) is 16.8. The molecule has 1 fully saturated rings. The van der Waals surface area contributed by atoms with Crippen LogP contribution in [0.15, 0.2) is 24.3 Å². The Morgan fingerprint density at radius 1 is 1.28 bits per heavy atom. The topological polar surface area (TPSA) is 86.0 Å². The SMILES string of the molecule is COC[C@H]1CCc2c(-c3cc4ccc(C(=O)N5CCNCC5)cc4[nH]3)n[nH]c2C1. The molecule has 2 aromatic heterocycles. The first-order valence-corrected chi connectivity index (χ1v) is 10.4. The summed E-state index contributed by atoms with van der Waals surface area (Å²) in [7, 11) is 1.76. The average Bonchev–Trinajstić information content (AvgIpc) is 3.37. The van der Waals surface area contributed by atoms with Crippen molar-refractivity contribution in [2.75, 3.05) is 39.9 Å². The van der Waals surface area contributed by atoms with Crippen molar-refractivity contribution in [1.82, 2.24) is 25.4 Å². The molecule has 3 heterocycles. The quantitative estimate of drug-likeness (QED) is 0.635. The molecule has 0 saturated carbocycles. The summed E-state index contributed by atoms with van der Waals surface area (Å²) in [5.41, 5.74) is 6.25. The van der Waals surface area contributed by atoms with E-state index in [-0.39, 0.29) is 5.91 Å². The Kier molecular flexibility index (Phi) is 4.85. The van der Waals surface area contributed by atoms with Gasteiger partial charge in [-0.15, -0.1) is 0 Å². The number of hydrogen-bond acceptors (Lipinski definition) is 4.